The molecule has 92 valence electrons. The average molecular weight is 245 g/mol. The lowest BCUT2D eigenvalue weighted by Crippen LogP contribution is -2.16. The van der Waals surface area contributed by atoms with Crippen LogP contribution in [-0.4, -0.2) is 18.4 Å². The maximum Gasteiger partial charge on any atom is 0.389 e. The molecule has 0 saturated heterocycles. The first-order valence-electron chi connectivity index (χ1n) is 4.82. The Morgan fingerprint density at radius 1 is 1.35 bits per heavy atom. The van der Waals surface area contributed by atoms with Crippen LogP contribution in [0.4, 0.5) is 18.9 Å². The lowest BCUT2D eigenvalue weighted by Gasteiger charge is -2.07. The number of carbonyl (C=O) groups excluding carboxylic acids is 2. The van der Waals surface area contributed by atoms with Crippen LogP contribution in [0.2, 0.25) is 0 Å². The number of hydrogen-bond donors (Lipinski definition) is 1. The summed E-state index contributed by atoms with van der Waals surface area (Å²) in [5, 5.41) is 2.29. The molecule has 0 aliphatic carbocycles. The molecule has 1 rings (SSSR count). The number of rotatable bonds is 4. The number of hydrogen-bond acceptors (Lipinski definition) is 2. The lowest BCUT2D eigenvalue weighted by atomic mass is 10.2. The van der Waals surface area contributed by atoms with E-state index in [-0.39, 0.29) is 0 Å². The fraction of sp³-hybridized carbons (Fsp3) is 0.273. The summed E-state index contributed by atoms with van der Waals surface area (Å²) in [6.45, 7) is 0. The molecule has 0 unspecified atom stereocenters. The summed E-state index contributed by atoms with van der Waals surface area (Å²) in [6.07, 6.45) is -5.55. The van der Waals surface area contributed by atoms with Gasteiger partial charge in [-0.05, 0) is 12.1 Å². The second kappa shape index (κ2) is 5.47. The van der Waals surface area contributed by atoms with Crippen molar-refractivity contribution in [1.82, 2.24) is 0 Å². The van der Waals surface area contributed by atoms with Crippen molar-refractivity contribution in [2.45, 2.75) is 19.0 Å². The minimum atomic E-state index is -4.35. The Morgan fingerprint density at radius 2 is 2.06 bits per heavy atom. The van der Waals surface area contributed by atoms with E-state index < -0.39 is 24.9 Å². The first-order chi connectivity index (χ1) is 7.90. The third-order valence-corrected chi connectivity index (χ3v) is 1.94. The SMILES string of the molecule is O=Cc1cccc(NC(=O)CCC(F)(F)F)c1. The summed E-state index contributed by atoms with van der Waals surface area (Å²) >= 11 is 0. The van der Waals surface area contributed by atoms with E-state index >= 15 is 0 Å². The molecule has 0 spiro atoms. The number of alkyl halides is 3. The summed E-state index contributed by atoms with van der Waals surface area (Å²) < 4.78 is 35.5. The third-order valence-electron chi connectivity index (χ3n) is 1.94. The van der Waals surface area contributed by atoms with E-state index in [2.05, 4.69) is 5.32 Å². The zero-order valence-corrected chi connectivity index (χ0v) is 8.75. The number of halogens is 3. The first kappa shape index (κ1) is 13.2. The van der Waals surface area contributed by atoms with Gasteiger partial charge in [-0.25, -0.2) is 0 Å². The second-order valence-electron chi connectivity index (χ2n) is 3.41. The Balaban J connectivity index is 2.53. The van der Waals surface area contributed by atoms with E-state index in [1.807, 2.05) is 0 Å². The maximum atomic E-state index is 11.8. The van der Waals surface area contributed by atoms with Gasteiger partial charge in [0.05, 0.1) is 6.42 Å². The standard InChI is InChI=1S/C11H10F3NO2/c12-11(13,14)5-4-10(17)15-9-3-1-2-8(6-9)7-16/h1-3,6-7H,4-5H2,(H,15,17). The van der Waals surface area contributed by atoms with Crippen molar-refractivity contribution < 1.29 is 22.8 Å². The van der Waals surface area contributed by atoms with Crippen LogP contribution in [-0.2, 0) is 4.79 Å². The fourth-order valence-corrected chi connectivity index (χ4v) is 1.17. The van der Waals surface area contributed by atoms with Crippen molar-refractivity contribution >= 4 is 17.9 Å². The molecule has 1 amide bonds. The third kappa shape index (κ3) is 5.14. The zero-order valence-electron chi connectivity index (χ0n) is 8.75. The van der Waals surface area contributed by atoms with Gasteiger partial charge >= 0.3 is 6.18 Å². The molecule has 0 aromatic heterocycles. The van der Waals surface area contributed by atoms with Gasteiger partial charge in [-0.3, -0.25) is 9.59 Å². The summed E-state index contributed by atoms with van der Waals surface area (Å²) in [5.74, 6) is -0.731. The van der Waals surface area contributed by atoms with Crippen molar-refractivity contribution in [3.8, 4) is 0 Å². The molecule has 0 aliphatic rings. The second-order valence-corrected chi connectivity index (χ2v) is 3.41. The highest BCUT2D eigenvalue weighted by atomic mass is 19.4. The highest BCUT2D eigenvalue weighted by molar-refractivity contribution is 5.91. The van der Waals surface area contributed by atoms with E-state index in [0.717, 1.165) is 0 Å². The Hall–Kier alpha value is -1.85. The molecule has 1 N–H and O–H groups in total. The number of carbonyl (C=O) groups is 2. The summed E-state index contributed by atoms with van der Waals surface area (Å²) in [5.41, 5.74) is 0.653. The first-order valence-corrected chi connectivity index (χ1v) is 4.82. The molecule has 0 heterocycles. The molecule has 1 aromatic carbocycles. The molecule has 0 saturated carbocycles. The topological polar surface area (TPSA) is 46.2 Å². The van der Waals surface area contributed by atoms with Crippen molar-refractivity contribution in [2.24, 2.45) is 0 Å². The van der Waals surface area contributed by atoms with E-state index in [4.69, 9.17) is 0 Å². The van der Waals surface area contributed by atoms with Crippen molar-refractivity contribution in [3.05, 3.63) is 29.8 Å². The van der Waals surface area contributed by atoms with Gasteiger partial charge in [-0.15, -0.1) is 0 Å². The molecule has 0 atom stereocenters. The maximum absolute atomic E-state index is 11.8. The lowest BCUT2D eigenvalue weighted by molar-refractivity contribution is -0.142. The quantitative estimate of drug-likeness (QED) is 0.829. The molecule has 0 aliphatic heterocycles. The minimum absolute atomic E-state index is 0.307. The van der Waals surface area contributed by atoms with Gasteiger partial charge in [-0.2, -0.15) is 13.2 Å². The Kier molecular flexibility index (Phi) is 4.25. The highest BCUT2D eigenvalue weighted by Crippen LogP contribution is 2.21. The van der Waals surface area contributed by atoms with Gasteiger partial charge in [0.1, 0.15) is 6.29 Å². The normalized spacial score (nSPS) is 11.0. The van der Waals surface area contributed by atoms with Crippen LogP contribution in [0.1, 0.15) is 23.2 Å². The van der Waals surface area contributed by atoms with Gasteiger partial charge in [0.25, 0.3) is 0 Å². The predicted molar refractivity (Wildman–Crippen MR) is 55.7 cm³/mol. The van der Waals surface area contributed by atoms with Crippen molar-refractivity contribution in [1.29, 1.82) is 0 Å². The van der Waals surface area contributed by atoms with Crippen LogP contribution in [0, 0.1) is 0 Å². The summed E-state index contributed by atoms with van der Waals surface area (Å²) in [6, 6.07) is 5.94. The Bertz CT molecular complexity index is 415. The van der Waals surface area contributed by atoms with Gasteiger partial charge < -0.3 is 5.32 Å². The molecule has 0 bridgehead atoms. The van der Waals surface area contributed by atoms with Crippen LogP contribution in [0.3, 0.4) is 0 Å². The Labute approximate surface area is 95.6 Å². The van der Waals surface area contributed by atoms with Crippen LogP contribution in [0.15, 0.2) is 24.3 Å². The zero-order chi connectivity index (χ0) is 12.9. The van der Waals surface area contributed by atoms with Crippen LogP contribution in [0.5, 0.6) is 0 Å². The number of anilines is 1. The molecular formula is C11H10F3NO2. The van der Waals surface area contributed by atoms with Gasteiger partial charge in [0, 0.05) is 17.7 Å². The molecule has 1 aromatic rings. The Morgan fingerprint density at radius 3 is 2.65 bits per heavy atom. The monoisotopic (exact) mass is 245 g/mol. The highest BCUT2D eigenvalue weighted by Gasteiger charge is 2.27. The van der Waals surface area contributed by atoms with Crippen molar-refractivity contribution in [3.63, 3.8) is 0 Å². The largest absolute Gasteiger partial charge is 0.389 e. The fourth-order valence-electron chi connectivity index (χ4n) is 1.17. The van der Waals surface area contributed by atoms with E-state index in [1.54, 1.807) is 0 Å². The minimum Gasteiger partial charge on any atom is -0.326 e. The van der Waals surface area contributed by atoms with E-state index in [0.29, 0.717) is 17.5 Å². The molecule has 0 fully saturated rings. The van der Waals surface area contributed by atoms with Gasteiger partial charge in [0.2, 0.25) is 5.91 Å². The van der Waals surface area contributed by atoms with Crippen LogP contribution < -0.4 is 5.32 Å². The average Bonchev–Trinajstić information content (AvgIpc) is 2.26. The van der Waals surface area contributed by atoms with Crippen molar-refractivity contribution in [2.75, 3.05) is 5.32 Å². The van der Waals surface area contributed by atoms with Gasteiger partial charge in [-0.1, -0.05) is 12.1 Å². The molecule has 0 radical (unpaired) electrons. The summed E-state index contributed by atoms with van der Waals surface area (Å²) in [7, 11) is 0. The van der Waals surface area contributed by atoms with E-state index in [9.17, 15) is 22.8 Å². The smallest absolute Gasteiger partial charge is 0.326 e. The molecule has 17 heavy (non-hydrogen) atoms. The predicted octanol–water partition coefficient (Wildman–Crippen LogP) is 2.78. The van der Waals surface area contributed by atoms with E-state index in [1.165, 1.54) is 24.3 Å². The number of aldehydes is 1. The molecule has 3 nitrogen and oxygen atoms in total. The molecular weight excluding hydrogens is 235 g/mol. The number of benzene rings is 1. The van der Waals surface area contributed by atoms with Gasteiger partial charge in [0.15, 0.2) is 0 Å². The number of amides is 1. The van der Waals surface area contributed by atoms with Crippen LogP contribution >= 0.6 is 0 Å². The van der Waals surface area contributed by atoms with Crippen LogP contribution in [0.25, 0.3) is 0 Å². The molecule has 6 heteroatoms. The summed E-state index contributed by atoms with van der Waals surface area (Å²) in [4.78, 5) is 21.6. The number of nitrogens with one attached hydrogen (secondary N) is 1.